The molecule has 0 aliphatic heterocycles. The number of rotatable bonds is 54. The van der Waals surface area contributed by atoms with Crippen molar-refractivity contribution in [2.45, 2.75) is 296 Å². The number of likely N-dealkylation sites (N-methyl/N-ethyl adjacent to an activating group) is 1. The molecule has 9 heteroatoms. The van der Waals surface area contributed by atoms with Gasteiger partial charge in [0.25, 0.3) is 7.82 Å². The molecule has 8 nitrogen and oxygen atoms in total. The quantitative estimate of drug-likeness (QED) is 0.0272. The van der Waals surface area contributed by atoms with E-state index in [2.05, 4.69) is 43.5 Å². The smallest absolute Gasteiger partial charge is 0.268 e. The molecule has 1 amide bonds. The number of nitrogens with one attached hydrogen (secondary N) is 1. The van der Waals surface area contributed by atoms with Crippen LogP contribution in [0.4, 0.5) is 0 Å². The molecule has 0 rings (SSSR count). The van der Waals surface area contributed by atoms with Gasteiger partial charge >= 0.3 is 0 Å². The molecule has 3 unspecified atom stereocenters. The van der Waals surface area contributed by atoms with Crippen molar-refractivity contribution in [3.05, 3.63) is 36.5 Å². The predicted octanol–water partition coefficient (Wildman–Crippen LogP) is 17.1. The lowest BCUT2D eigenvalue weighted by molar-refractivity contribution is -0.870. The van der Waals surface area contributed by atoms with Gasteiger partial charge in [0.2, 0.25) is 5.91 Å². The fourth-order valence-electron chi connectivity index (χ4n) is 8.70. The minimum atomic E-state index is -4.60. The van der Waals surface area contributed by atoms with Crippen LogP contribution < -0.4 is 10.2 Å². The van der Waals surface area contributed by atoms with E-state index in [1.165, 1.54) is 225 Å². The molecular weight excluding hydrogens is 864 g/mol. The van der Waals surface area contributed by atoms with Gasteiger partial charge in [-0.15, -0.1) is 0 Å². The topological polar surface area (TPSA) is 108 Å². The summed E-state index contributed by atoms with van der Waals surface area (Å²) in [5, 5.41) is 13.9. The number of allylic oxidation sites excluding steroid dienone is 5. The Balaban J connectivity index is 4.22. The molecular formula is C59H115N2O6P. The summed E-state index contributed by atoms with van der Waals surface area (Å²) >= 11 is 0. The number of aliphatic hydroxyl groups is 1. The zero-order valence-corrected chi connectivity index (χ0v) is 46.7. The number of amides is 1. The number of hydrogen-bond acceptors (Lipinski definition) is 6. The van der Waals surface area contributed by atoms with Crippen molar-refractivity contribution in [2.24, 2.45) is 0 Å². The number of nitrogens with zero attached hydrogens (tertiary/aromatic N) is 1. The Kier molecular flexibility index (Phi) is 49.7. The zero-order valence-electron chi connectivity index (χ0n) is 45.8. The number of phosphoric ester groups is 1. The van der Waals surface area contributed by atoms with Crippen molar-refractivity contribution >= 4 is 13.7 Å². The Bertz CT molecular complexity index is 1200. The Morgan fingerprint density at radius 1 is 0.500 bits per heavy atom. The van der Waals surface area contributed by atoms with Crippen molar-refractivity contribution in [1.82, 2.24) is 5.32 Å². The van der Waals surface area contributed by atoms with Crippen molar-refractivity contribution in [3.8, 4) is 0 Å². The molecule has 68 heavy (non-hydrogen) atoms. The molecule has 0 aliphatic carbocycles. The second-order valence-corrected chi connectivity index (χ2v) is 22.8. The van der Waals surface area contributed by atoms with Gasteiger partial charge in [0.05, 0.1) is 39.9 Å². The lowest BCUT2D eigenvalue weighted by Crippen LogP contribution is -2.45. The highest BCUT2D eigenvalue weighted by molar-refractivity contribution is 7.45. The van der Waals surface area contributed by atoms with Crippen molar-refractivity contribution in [2.75, 3.05) is 40.9 Å². The molecule has 0 aliphatic rings. The third-order valence-corrected chi connectivity index (χ3v) is 14.3. The summed E-state index contributed by atoms with van der Waals surface area (Å²) in [5.41, 5.74) is 0. The van der Waals surface area contributed by atoms with Gasteiger partial charge in [-0.05, 0) is 57.8 Å². The number of phosphoric acid groups is 1. The number of unbranched alkanes of at least 4 members (excludes halogenated alkanes) is 37. The van der Waals surface area contributed by atoms with E-state index in [1.807, 2.05) is 27.2 Å². The number of carbonyl (C=O) groups is 1. The number of hydrogen-bond donors (Lipinski definition) is 2. The van der Waals surface area contributed by atoms with Gasteiger partial charge in [0.1, 0.15) is 13.2 Å². The average molecular weight is 980 g/mol. The second-order valence-electron chi connectivity index (χ2n) is 21.3. The van der Waals surface area contributed by atoms with Crippen LogP contribution in [-0.4, -0.2) is 68.5 Å². The minimum absolute atomic E-state index is 0.00533. The van der Waals surface area contributed by atoms with Gasteiger partial charge in [0.15, 0.2) is 0 Å². The predicted molar refractivity (Wildman–Crippen MR) is 293 cm³/mol. The molecule has 402 valence electrons. The first-order valence-corrected chi connectivity index (χ1v) is 30.8. The Morgan fingerprint density at radius 2 is 0.824 bits per heavy atom. The molecule has 0 spiro atoms. The summed E-state index contributed by atoms with van der Waals surface area (Å²) in [7, 11) is 1.25. The molecule has 0 bridgehead atoms. The maximum absolute atomic E-state index is 13.0. The summed E-state index contributed by atoms with van der Waals surface area (Å²) in [5.74, 6) is -0.204. The van der Waals surface area contributed by atoms with Crippen LogP contribution in [0.15, 0.2) is 36.5 Å². The van der Waals surface area contributed by atoms with Gasteiger partial charge in [-0.3, -0.25) is 9.36 Å². The molecule has 0 saturated carbocycles. The third-order valence-electron chi connectivity index (χ3n) is 13.3. The van der Waals surface area contributed by atoms with E-state index in [0.29, 0.717) is 17.4 Å². The Hall–Kier alpha value is -1.28. The van der Waals surface area contributed by atoms with Crippen molar-refractivity contribution < 1.29 is 32.9 Å². The molecule has 0 aromatic rings. The zero-order chi connectivity index (χ0) is 49.9. The molecule has 0 heterocycles. The maximum atomic E-state index is 13.0. The summed E-state index contributed by atoms with van der Waals surface area (Å²) in [6.07, 6.45) is 65.1. The molecule has 2 N–H and O–H groups in total. The van der Waals surface area contributed by atoms with Crippen molar-refractivity contribution in [3.63, 3.8) is 0 Å². The summed E-state index contributed by atoms with van der Waals surface area (Å²) in [6.45, 7) is 4.66. The standard InChI is InChI=1S/C59H115N2O6P/c1-6-8-10-12-14-16-18-20-22-24-26-28-29-30-31-33-35-37-39-41-43-45-47-49-51-53-59(63)60-57(56-67-68(64,65)66-55-54-61(3,4)5)58(62)52-50-48-46-44-42-40-38-36-34-32-27-25-23-21-19-17-15-13-11-9-7-2/h24,26,42,44,50,52,57-58,62H,6-23,25,27-41,43,45-49,51,53-56H2,1-5H3,(H-,60,63,64,65)/b26-24-,44-42+,52-50+. The molecule has 0 saturated heterocycles. The van der Waals surface area contributed by atoms with Gasteiger partial charge in [0, 0.05) is 6.42 Å². The monoisotopic (exact) mass is 979 g/mol. The highest BCUT2D eigenvalue weighted by Crippen LogP contribution is 2.38. The molecule has 0 fully saturated rings. The average Bonchev–Trinajstić information content (AvgIpc) is 3.30. The third kappa shape index (κ3) is 52.5. The van der Waals surface area contributed by atoms with E-state index >= 15 is 0 Å². The van der Waals surface area contributed by atoms with Crippen molar-refractivity contribution in [1.29, 1.82) is 0 Å². The summed E-state index contributed by atoms with van der Waals surface area (Å²) < 4.78 is 23.3. The fraction of sp³-hybridized carbons (Fsp3) is 0.881. The van der Waals surface area contributed by atoms with E-state index in [4.69, 9.17) is 9.05 Å². The van der Waals surface area contributed by atoms with Gasteiger partial charge in [-0.1, -0.05) is 256 Å². The lowest BCUT2D eigenvalue weighted by Gasteiger charge is -2.29. The molecule has 0 aromatic carbocycles. The summed E-state index contributed by atoms with van der Waals surface area (Å²) in [6, 6.07) is -0.903. The first-order chi connectivity index (χ1) is 33.0. The SMILES string of the molecule is CCCCCCCCCC/C=C\CCCCCCCCCCCCCCCC(=O)NC(COP(=O)([O-])OCC[N+](C)(C)C)C(O)/C=C/CC/C=C/CCCCCCCCCCCCCCCCC. The number of quaternary nitrogens is 1. The van der Waals surface area contributed by atoms with E-state index < -0.39 is 26.6 Å². The van der Waals surface area contributed by atoms with E-state index in [0.717, 1.165) is 38.5 Å². The first kappa shape index (κ1) is 66.7. The highest BCUT2D eigenvalue weighted by Gasteiger charge is 2.23. The van der Waals surface area contributed by atoms with Crippen LogP contribution in [-0.2, 0) is 18.4 Å². The van der Waals surface area contributed by atoms with Crippen LogP contribution in [0, 0.1) is 0 Å². The van der Waals surface area contributed by atoms with E-state index in [1.54, 1.807) is 6.08 Å². The maximum Gasteiger partial charge on any atom is 0.268 e. The van der Waals surface area contributed by atoms with Crippen LogP contribution in [0.25, 0.3) is 0 Å². The van der Waals surface area contributed by atoms with Crippen LogP contribution >= 0.6 is 7.82 Å². The van der Waals surface area contributed by atoms with Gasteiger partial charge < -0.3 is 28.8 Å². The fourth-order valence-corrected chi connectivity index (χ4v) is 9.42. The Morgan fingerprint density at radius 3 is 1.19 bits per heavy atom. The molecule has 0 radical (unpaired) electrons. The van der Waals surface area contributed by atoms with Gasteiger partial charge in [-0.25, -0.2) is 0 Å². The second kappa shape index (κ2) is 50.7. The molecule has 0 aromatic heterocycles. The van der Waals surface area contributed by atoms with Crippen LogP contribution in [0.5, 0.6) is 0 Å². The van der Waals surface area contributed by atoms with E-state index in [-0.39, 0.29) is 12.5 Å². The lowest BCUT2D eigenvalue weighted by atomic mass is 10.0. The van der Waals surface area contributed by atoms with E-state index in [9.17, 15) is 19.4 Å². The van der Waals surface area contributed by atoms with Gasteiger partial charge in [-0.2, -0.15) is 0 Å². The highest BCUT2D eigenvalue weighted by atomic mass is 31.2. The molecule has 3 atom stereocenters. The normalized spacial score (nSPS) is 14.2. The Labute approximate surface area is 423 Å². The summed E-state index contributed by atoms with van der Waals surface area (Å²) in [4.78, 5) is 25.5. The largest absolute Gasteiger partial charge is 0.756 e. The van der Waals surface area contributed by atoms with Crippen LogP contribution in [0.1, 0.15) is 284 Å². The first-order valence-electron chi connectivity index (χ1n) is 29.4. The number of aliphatic hydroxyl groups excluding tert-OH is 1. The van der Waals surface area contributed by atoms with Crippen LogP contribution in [0.3, 0.4) is 0 Å². The number of carbonyl (C=O) groups excluding carboxylic acids is 1. The minimum Gasteiger partial charge on any atom is -0.756 e. The van der Waals surface area contributed by atoms with Crippen LogP contribution in [0.2, 0.25) is 0 Å².